The van der Waals surface area contributed by atoms with Crippen LogP contribution < -0.4 is 10.2 Å². The number of carbonyl (C=O) groups excluding carboxylic acids is 1. The molecule has 2 aliphatic heterocycles. The van der Waals surface area contributed by atoms with Crippen LogP contribution in [0.25, 0.3) is 4.96 Å². The van der Waals surface area contributed by atoms with Crippen molar-refractivity contribution in [3.8, 4) is 0 Å². The second-order valence-electron chi connectivity index (χ2n) is 7.84. The van der Waals surface area contributed by atoms with Gasteiger partial charge in [-0.25, -0.2) is 13.4 Å². The second-order valence-corrected chi connectivity index (χ2v) is 10.7. The lowest BCUT2D eigenvalue weighted by Crippen LogP contribution is -2.40. The highest BCUT2D eigenvalue weighted by atomic mass is 32.2. The molecule has 176 valence electrons. The van der Waals surface area contributed by atoms with E-state index in [0.717, 1.165) is 10.6 Å². The first-order chi connectivity index (χ1) is 16.0. The number of thiazole rings is 1. The topological polar surface area (TPSA) is 105 Å². The maximum Gasteiger partial charge on any atom is 0.243 e. The van der Waals surface area contributed by atoms with Gasteiger partial charge in [0, 0.05) is 44.0 Å². The van der Waals surface area contributed by atoms with Crippen LogP contribution in [0, 0.1) is 0 Å². The van der Waals surface area contributed by atoms with Crippen LogP contribution in [-0.2, 0) is 30.7 Å². The highest BCUT2D eigenvalue weighted by Gasteiger charge is 2.28. The Balaban J connectivity index is 1.42. The quantitative estimate of drug-likeness (QED) is 0.556. The van der Waals surface area contributed by atoms with Crippen molar-refractivity contribution in [3.05, 3.63) is 41.7 Å². The summed E-state index contributed by atoms with van der Waals surface area (Å²) in [5.74, 6) is -0.254. The molecule has 0 unspecified atom stereocenters. The maximum absolute atomic E-state index is 13.2. The summed E-state index contributed by atoms with van der Waals surface area (Å²) in [5, 5.41) is 4.87. The molecule has 4 heterocycles. The Hall–Kier alpha value is -2.51. The molecule has 0 radical (unpaired) electrons. The van der Waals surface area contributed by atoms with Gasteiger partial charge in [-0.05, 0) is 18.2 Å². The number of imidazole rings is 1. The van der Waals surface area contributed by atoms with Gasteiger partial charge in [0.1, 0.15) is 0 Å². The molecule has 5 rings (SSSR count). The number of benzene rings is 1. The average molecular weight is 492 g/mol. The van der Waals surface area contributed by atoms with Gasteiger partial charge in [-0.3, -0.25) is 9.20 Å². The number of anilines is 2. The Morgan fingerprint density at radius 1 is 1.09 bits per heavy atom. The third-order valence-electron chi connectivity index (χ3n) is 5.69. The normalized spacial score (nSPS) is 18.0. The lowest BCUT2D eigenvalue weighted by molar-refractivity contribution is -0.115. The molecule has 12 heteroatoms. The predicted molar refractivity (Wildman–Crippen MR) is 124 cm³/mol. The number of morpholine rings is 2. The maximum atomic E-state index is 13.2. The van der Waals surface area contributed by atoms with Crippen molar-refractivity contribution >= 4 is 43.6 Å². The Kier molecular flexibility index (Phi) is 6.34. The number of nitrogens with zero attached hydrogens (tertiary/aromatic N) is 4. The SMILES string of the molecule is O=C(Cc1cn2ccsc2n1)Nc1cc(S(=O)(=O)N2CCOCC2)ccc1N1CCOCC1. The van der Waals surface area contributed by atoms with E-state index in [-0.39, 0.29) is 17.2 Å². The molecule has 0 atom stereocenters. The molecule has 2 aliphatic rings. The van der Waals surface area contributed by atoms with Crippen LogP contribution in [-0.4, -0.2) is 80.6 Å². The molecule has 1 N–H and O–H groups in total. The highest BCUT2D eigenvalue weighted by molar-refractivity contribution is 7.89. The standard InChI is InChI=1S/C21H25N5O5S2/c27-20(13-16-15-25-7-12-32-21(25)22-16)23-18-14-17(33(28,29)26-5-10-31-11-6-26)1-2-19(18)24-3-8-30-9-4-24/h1-2,7,12,14-15H,3-6,8-11,13H2,(H,23,27). The number of nitrogens with one attached hydrogen (secondary N) is 1. The van der Waals surface area contributed by atoms with Crippen molar-refractivity contribution < 1.29 is 22.7 Å². The van der Waals surface area contributed by atoms with E-state index >= 15 is 0 Å². The molecule has 2 saturated heterocycles. The van der Waals surface area contributed by atoms with Crippen molar-refractivity contribution in [3.63, 3.8) is 0 Å². The number of rotatable bonds is 6. The number of amides is 1. The van der Waals surface area contributed by atoms with E-state index in [1.807, 2.05) is 22.2 Å². The largest absolute Gasteiger partial charge is 0.379 e. The van der Waals surface area contributed by atoms with Crippen LogP contribution in [0.4, 0.5) is 11.4 Å². The Morgan fingerprint density at radius 2 is 1.82 bits per heavy atom. The molecular formula is C21H25N5O5S2. The first-order valence-electron chi connectivity index (χ1n) is 10.8. The van der Waals surface area contributed by atoms with Crippen LogP contribution in [0.5, 0.6) is 0 Å². The summed E-state index contributed by atoms with van der Waals surface area (Å²) < 4.78 is 40.4. The molecule has 1 aromatic carbocycles. The van der Waals surface area contributed by atoms with Gasteiger partial charge >= 0.3 is 0 Å². The number of fused-ring (bicyclic) bond motifs is 1. The Labute approximate surface area is 195 Å². The lowest BCUT2D eigenvalue weighted by Gasteiger charge is -2.31. The molecule has 2 aromatic heterocycles. The van der Waals surface area contributed by atoms with E-state index in [2.05, 4.69) is 15.2 Å². The summed E-state index contributed by atoms with van der Waals surface area (Å²) in [5.41, 5.74) is 1.90. The van der Waals surface area contributed by atoms with Gasteiger partial charge in [0.25, 0.3) is 0 Å². The number of sulfonamides is 1. The van der Waals surface area contributed by atoms with Crippen molar-refractivity contribution in [1.29, 1.82) is 0 Å². The Morgan fingerprint density at radius 3 is 2.55 bits per heavy atom. The number of carbonyl (C=O) groups is 1. The van der Waals surface area contributed by atoms with Crippen LogP contribution in [0.3, 0.4) is 0 Å². The zero-order valence-corrected chi connectivity index (χ0v) is 19.6. The lowest BCUT2D eigenvalue weighted by atomic mass is 10.2. The monoisotopic (exact) mass is 491 g/mol. The van der Waals surface area contributed by atoms with Gasteiger partial charge in [-0.15, -0.1) is 11.3 Å². The minimum Gasteiger partial charge on any atom is -0.379 e. The average Bonchev–Trinajstić information content (AvgIpc) is 3.42. The molecule has 3 aromatic rings. The van der Waals surface area contributed by atoms with Crippen LogP contribution in [0.1, 0.15) is 5.69 Å². The van der Waals surface area contributed by atoms with Crippen molar-refractivity contribution in [2.45, 2.75) is 11.3 Å². The number of hydrogen-bond donors (Lipinski definition) is 1. The van der Waals surface area contributed by atoms with E-state index in [1.165, 1.54) is 15.6 Å². The molecular weight excluding hydrogens is 466 g/mol. The molecule has 1 amide bonds. The predicted octanol–water partition coefficient (Wildman–Crippen LogP) is 1.43. The first kappa shape index (κ1) is 22.3. The van der Waals surface area contributed by atoms with E-state index < -0.39 is 10.0 Å². The summed E-state index contributed by atoms with van der Waals surface area (Å²) in [6.07, 6.45) is 3.82. The highest BCUT2D eigenvalue weighted by Crippen LogP contribution is 2.31. The second kappa shape index (κ2) is 9.39. The van der Waals surface area contributed by atoms with Crippen LogP contribution >= 0.6 is 11.3 Å². The number of hydrogen-bond acceptors (Lipinski definition) is 8. The van der Waals surface area contributed by atoms with Crippen molar-refractivity contribution in [1.82, 2.24) is 13.7 Å². The van der Waals surface area contributed by atoms with E-state index in [1.54, 1.807) is 18.2 Å². The van der Waals surface area contributed by atoms with Gasteiger partial charge in [0.2, 0.25) is 15.9 Å². The third kappa shape index (κ3) is 4.75. The summed E-state index contributed by atoms with van der Waals surface area (Å²) in [6.45, 7) is 3.84. The van der Waals surface area contributed by atoms with Crippen LogP contribution in [0.2, 0.25) is 0 Å². The van der Waals surface area contributed by atoms with E-state index in [0.29, 0.717) is 64.0 Å². The van der Waals surface area contributed by atoms with Gasteiger partial charge in [0.15, 0.2) is 4.96 Å². The minimum atomic E-state index is -3.69. The minimum absolute atomic E-state index is 0.0946. The fourth-order valence-corrected chi connectivity index (χ4v) is 6.17. The molecule has 0 spiro atoms. The van der Waals surface area contributed by atoms with Gasteiger partial charge in [0.05, 0.1) is 54.8 Å². The molecule has 2 fully saturated rings. The van der Waals surface area contributed by atoms with Gasteiger partial charge in [-0.1, -0.05) is 0 Å². The molecule has 10 nitrogen and oxygen atoms in total. The third-order valence-corrected chi connectivity index (χ3v) is 8.35. The summed E-state index contributed by atoms with van der Waals surface area (Å²) >= 11 is 1.50. The molecule has 33 heavy (non-hydrogen) atoms. The zero-order chi connectivity index (χ0) is 22.8. The van der Waals surface area contributed by atoms with Crippen molar-refractivity contribution in [2.24, 2.45) is 0 Å². The number of aromatic nitrogens is 2. The van der Waals surface area contributed by atoms with E-state index in [4.69, 9.17) is 9.47 Å². The summed E-state index contributed by atoms with van der Waals surface area (Å²) in [6, 6.07) is 4.93. The van der Waals surface area contributed by atoms with Crippen LogP contribution in [0.15, 0.2) is 40.9 Å². The molecule has 0 aliphatic carbocycles. The first-order valence-corrected chi connectivity index (χ1v) is 13.1. The molecule has 0 saturated carbocycles. The number of ether oxygens (including phenoxy) is 2. The van der Waals surface area contributed by atoms with Gasteiger partial charge < -0.3 is 19.7 Å². The van der Waals surface area contributed by atoms with Gasteiger partial charge in [-0.2, -0.15) is 4.31 Å². The zero-order valence-electron chi connectivity index (χ0n) is 18.0. The van der Waals surface area contributed by atoms with E-state index in [9.17, 15) is 13.2 Å². The smallest absolute Gasteiger partial charge is 0.243 e. The van der Waals surface area contributed by atoms with Crippen molar-refractivity contribution in [2.75, 3.05) is 62.8 Å². The fraction of sp³-hybridized carbons (Fsp3) is 0.429. The summed E-state index contributed by atoms with van der Waals surface area (Å²) in [4.78, 5) is 20.4. The Bertz CT molecular complexity index is 1210. The molecule has 0 bridgehead atoms. The summed E-state index contributed by atoms with van der Waals surface area (Å²) in [7, 11) is -3.69. The fourth-order valence-electron chi connectivity index (χ4n) is 4.01.